The van der Waals surface area contributed by atoms with Crippen molar-refractivity contribution < 1.29 is 9.32 Å². The summed E-state index contributed by atoms with van der Waals surface area (Å²) in [5.74, 6) is 1.56. The summed E-state index contributed by atoms with van der Waals surface area (Å²) in [6.45, 7) is 6.30. The number of aromatic nitrogens is 2. The molecule has 1 aromatic carbocycles. The third-order valence-corrected chi connectivity index (χ3v) is 5.12. The maximum absolute atomic E-state index is 12.5. The molecular formula is C17H25ClN4O2S. The second-order valence-corrected chi connectivity index (χ2v) is 6.79. The van der Waals surface area contributed by atoms with Crippen molar-refractivity contribution in [2.24, 2.45) is 5.73 Å². The van der Waals surface area contributed by atoms with Gasteiger partial charge in [0.1, 0.15) is 0 Å². The van der Waals surface area contributed by atoms with Crippen LogP contribution in [-0.2, 0) is 5.75 Å². The Hall–Kier alpha value is -1.57. The lowest BCUT2D eigenvalue weighted by Crippen LogP contribution is -2.49. The molecule has 0 spiro atoms. The number of nitrogens with one attached hydrogen (secondary N) is 1. The van der Waals surface area contributed by atoms with Crippen LogP contribution in [0.1, 0.15) is 48.8 Å². The van der Waals surface area contributed by atoms with Gasteiger partial charge in [-0.15, -0.1) is 24.2 Å². The molecule has 0 atom stereocenters. The molecule has 1 aromatic heterocycles. The molecule has 0 radical (unpaired) electrons. The number of thioether (sulfide) groups is 1. The molecule has 0 fully saturated rings. The Kier molecular flexibility index (Phi) is 8.41. The predicted molar refractivity (Wildman–Crippen MR) is 102 cm³/mol. The summed E-state index contributed by atoms with van der Waals surface area (Å²) in [5, 5.41) is 6.72. The van der Waals surface area contributed by atoms with Crippen LogP contribution in [0.3, 0.4) is 0 Å². The van der Waals surface area contributed by atoms with Crippen LogP contribution >= 0.6 is 24.2 Å². The summed E-state index contributed by atoms with van der Waals surface area (Å²) >= 11 is 1.50. The van der Waals surface area contributed by atoms with Crippen LogP contribution in [0.25, 0.3) is 0 Å². The summed E-state index contributed by atoms with van der Waals surface area (Å²) < 4.78 is 5.11. The van der Waals surface area contributed by atoms with Crippen molar-refractivity contribution in [3.05, 3.63) is 41.5 Å². The predicted octanol–water partition coefficient (Wildman–Crippen LogP) is 3.34. The summed E-state index contributed by atoms with van der Waals surface area (Å²) in [6.07, 6.45) is 1.63. The van der Waals surface area contributed by atoms with E-state index < -0.39 is 0 Å². The molecular weight excluding hydrogens is 360 g/mol. The van der Waals surface area contributed by atoms with Crippen LogP contribution in [-0.4, -0.2) is 28.1 Å². The van der Waals surface area contributed by atoms with E-state index >= 15 is 0 Å². The topological polar surface area (TPSA) is 94.0 Å². The Bertz CT molecular complexity index is 689. The van der Waals surface area contributed by atoms with E-state index in [4.69, 9.17) is 10.3 Å². The van der Waals surface area contributed by atoms with E-state index in [-0.39, 0.29) is 23.9 Å². The number of nitrogens with two attached hydrogens (primary N) is 1. The fraction of sp³-hybridized carbons (Fsp3) is 0.471. The average Bonchev–Trinajstić information content (AvgIpc) is 3.03. The molecule has 0 saturated carbocycles. The molecule has 6 nitrogen and oxygen atoms in total. The summed E-state index contributed by atoms with van der Waals surface area (Å²) in [7, 11) is 0. The molecule has 3 N–H and O–H groups in total. The Morgan fingerprint density at radius 1 is 1.32 bits per heavy atom. The number of benzene rings is 1. The van der Waals surface area contributed by atoms with Crippen LogP contribution < -0.4 is 11.1 Å². The lowest BCUT2D eigenvalue weighted by atomic mass is 9.94. The second-order valence-electron chi connectivity index (χ2n) is 5.77. The largest absolute Gasteiger partial charge is 0.350 e. The fourth-order valence-corrected chi connectivity index (χ4v) is 3.06. The third kappa shape index (κ3) is 6.02. The van der Waals surface area contributed by atoms with Gasteiger partial charge >= 0.3 is 0 Å². The highest BCUT2D eigenvalue weighted by atomic mass is 35.5. The Labute approximate surface area is 158 Å². The van der Waals surface area contributed by atoms with Gasteiger partial charge < -0.3 is 15.6 Å². The first-order chi connectivity index (χ1) is 11.5. The van der Waals surface area contributed by atoms with Crippen molar-refractivity contribution >= 4 is 30.1 Å². The van der Waals surface area contributed by atoms with Gasteiger partial charge in [0, 0.05) is 17.0 Å². The highest BCUT2D eigenvalue weighted by molar-refractivity contribution is 7.98. The maximum atomic E-state index is 12.5. The quantitative estimate of drug-likeness (QED) is 0.678. The van der Waals surface area contributed by atoms with Gasteiger partial charge in [-0.1, -0.05) is 31.1 Å². The van der Waals surface area contributed by atoms with Crippen molar-refractivity contribution in [3.63, 3.8) is 0 Å². The van der Waals surface area contributed by atoms with Crippen molar-refractivity contribution in [3.8, 4) is 0 Å². The normalized spacial score (nSPS) is 11.0. The highest BCUT2D eigenvalue weighted by Crippen LogP contribution is 2.26. The molecule has 25 heavy (non-hydrogen) atoms. The maximum Gasteiger partial charge on any atom is 0.252 e. The van der Waals surface area contributed by atoms with Crippen LogP contribution in [0, 0.1) is 6.92 Å². The first-order valence-corrected chi connectivity index (χ1v) is 9.04. The molecule has 1 amide bonds. The molecule has 1 heterocycles. The number of amides is 1. The van der Waals surface area contributed by atoms with Gasteiger partial charge in [0.2, 0.25) is 5.89 Å². The van der Waals surface area contributed by atoms with E-state index in [1.54, 1.807) is 6.92 Å². The van der Waals surface area contributed by atoms with E-state index in [2.05, 4.69) is 15.5 Å². The third-order valence-electron chi connectivity index (χ3n) is 4.06. The number of halogens is 1. The van der Waals surface area contributed by atoms with Crippen LogP contribution in [0.4, 0.5) is 0 Å². The van der Waals surface area contributed by atoms with Crippen molar-refractivity contribution in [2.75, 3.05) is 6.54 Å². The summed E-state index contributed by atoms with van der Waals surface area (Å²) in [5.41, 5.74) is 6.52. The molecule has 138 valence electrons. The lowest BCUT2D eigenvalue weighted by molar-refractivity contribution is 0.0939. The number of carbonyl (C=O) groups is 1. The molecule has 2 aromatic rings. The van der Waals surface area contributed by atoms with Crippen LogP contribution in [0.5, 0.6) is 0 Å². The fourth-order valence-electron chi connectivity index (χ4n) is 2.17. The summed E-state index contributed by atoms with van der Waals surface area (Å²) in [4.78, 5) is 17.6. The Morgan fingerprint density at radius 2 is 2.00 bits per heavy atom. The van der Waals surface area contributed by atoms with E-state index in [1.165, 1.54) is 11.8 Å². The van der Waals surface area contributed by atoms with E-state index in [1.807, 2.05) is 38.1 Å². The van der Waals surface area contributed by atoms with Gasteiger partial charge in [0.15, 0.2) is 5.82 Å². The smallest absolute Gasteiger partial charge is 0.252 e. The molecule has 0 aliphatic carbocycles. The molecule has 8 heteroatoms. The first kappa shape index (κ1) is 21.5. The van der Waals surface area contributed by atoms with Crippen molar-refractivity contribution in [1.82, 2.24) is 15.5 Å². The minimum Gasteiger partial charge on any atom is -0.350 e. The highest BCUT2D eigenvalue weighted by Gasteiger charge is 2.22. The number of rotatable bonds is 8. The van der Waals surface area contributed by atoms with Gasteiger partial charge in [-0.05, 0) is 31.9 Å². The minimum atomic E-state index is -0.362. The van der Waals surface area contributed by atoms with Crippen molar-refractivity contribution in [2.45, 2.75) is 49.8 Å². The number of carbonyl (C=O) groups excluding carboxylic acids is 1. The van der Waals surface area contributed by atoms with Gasteiger partial charge in [0.25, 0.3) is 5.91 Å². The van der Waals surface area contributed by atoms with Gasteiger partial charge in [-0.2, -0.15) is 4.98 Å². The van der Waals surface area contributed by atoms with Crippen molar-refractivity contribution in [1.29, 1.82) is 0 Å². The molecule has 0 aliphatic rings. The number of hydrogen-bond donors (Lipinski definition) is 2. The molecule has 0 bridgehead atoms. The lowest BCUT2D eigenvalue weighted by Gasteiger charge is -2.27. The van der Waals surface area contributed by atoms with Crippen LogP contribution in [0.2, 0.25) is 0 Å². The Balaban J connectivity index is 0.00000312. The SMILES string of the molecule is CCC(N)(CC)CNC(=O)c1ccccc1SCc1nc(C)no1.Cl. The van der Waals surface area contributed by atoms with E-state index in [9.17, 15) is 4.79 Å². The van der Waals surface area contributed by atoms with Gasteiger partial charge in [-0.3, -0.25) is 4.79 Å². The zero-order valence-corrected chi connectivity index (χ0v) is 16.4. The number of aryl methyl sites for hydroxylation is 1. The zero-order valence-electron chi connectivity index (χ0n) is 14.7. The number of nitrogens with zero attached hydrogens (tertiary/aromatic N) is 2. The standard InChI is InChI=1S/C17H24N4O2S.ClH/c1-4-17(18,5-2)11-19-16(22)13-8-6-7-9-14(13)24-10-15-20-12(3)21-23-15;/h6-9H,4-5,10-11,18H2,1-3H3,(H,19,22);1H. The van der Waals surface area contributed by atoms with Gasteiger partial charge in [-0.25, -0.2) is 0 Å². The molecule has 0 unspecified atom stereocenters. The second kappa shape index (κ2) is 9.79. The van der Waals surface area contributed by atoms with E-state index in [0.717, 1.165) is 17.7 Å². The van der Waals surface area contributed by atoms with Gasteiger partial charge in [0.05, 0.1) is 11.3 Å². The number of hydrogen-bond acceptors (Lipinski definition) is 6. The summed E-state index contributed by atoms with van der Waals surface area (Å²) in [6, 6.07) is 7.49. The minimum absolute atomic E-state index is 0. The average molecular weight is 385 g/mol. The zero-order chi connectivity index (χ0) is 17.6. The molecule has 0 aliphatic heterocycles. The Morgan fingerprint density at radius 3 is 2.60 bits per heavy atom. The van der Waals surface area contributed by atoms with E-state index in [0.29, 0.717) is 29.6 Å². The first-order valence-electron chi connectivity index (χ1n) is 8.05. The monoisotopic (exact) mass is 384 g/mol. The van der Waals surface area contributed by atoms with Crippen LogP contribution in [0.15, 0.2) is 33.7 Å². The molecule has 0 saturated heterocycles. The molecule has 2 rings (SSSR count).